The molecule has 1 atom stereocenters. The molecule has 38 heavy (non-hydrogen) atoms. The van der Waals surface area contributed by atoms with Crippen LogP contribution in [0.3, 0.4) is 0 Å². The van der Waals surface area contributed by atoms with Crippen molar-refractivity contribution in [2.24, 2.45) is 0 Å². The Balaban J connectivity index is 1.32. The Morgan fingerprint density at radius 1 is 0.711 bits per heavy atom. The number of carbonyl (C=O) groups excluding carboxylic acids is 1. The Bertz CT molecular complexity index is 1030. The summed E-state index contributed by atoms with van der Waals surface area (Å²) in [6.07, 6.45) is 13.1. The summed E-state index contributed by atoms with van der Waals surface area (Å²) >= 11 is 1.95. The summed E-state index contributed by atoms with van der Waals surface area (Å²) in [6.45, 7) is 4.24. The number of rotatable bonds is 18. The lowest BCUT2D eigenvalue weighted by atomic mass is 10.1. The zero-order chi connectivity index (χ0) is 26.8. The van der Waals surface area contributed by atoms with Crippen LogP contribution in [0.1, 0.15) is 83.6 Å². The number of ether oxygens (including phenoxy) is 2. The highest BCUT2D eigenvalue weighted by atomic mass is 32.2. The predicted octanol–water partition coefficient (Wildman–Crippen LogP) is 9.88. The Hall–Kier alpha value is -2.72. The molecule has 3 aromatic carbocycles. The standard InChI is InChI=1S/C34H44O3S/c1-3-4-5-6-7-8-9-10-11-15-26-38-33-24-20-31(21-25-33)30-18-22-32(23-19-30)37-28(2)34(35)36-27-29-16-13-12-14-17-29/h12-14,16-25,28H,3-11,15,26-27H2,1-2H3/t28-/m1/s1. The van der Waals surface area contributed by atoms with E-state index in [2.05, 4.69) is 31.2 Å². The van der Waals surface area contributed by atoms with Crippen LogP contribution < -0.4 is 4.74 Å². The van der Waals surface area contributed by atoms with Crippen LogP contribution in [-0.2, 0) is 16.1 Å². The summed E-state index contributed by atoms with van der Waals surface area (Å²) in [5, 5.41) is 0. The maximum absolute atomic E-state index is 12.3. The molecule has 0 aromatic heterocycles. The molecule has 0 unspecified atom stereocenters. The van der Waals surface area contributed by atoms with E-state index in [1.165, 1.54) is 80.4 Å². The molecule has 0 aliphatic rings. The quantitative estimate of drug-likeness (QED) is 0.0927. The van der Waals surface area contributed by atoms with Gasteiger partial charge in [0.25, 0.3) is 0 Å². The molecule has 0 N–H and O–H groups in total. The van der Waals surface area contributed by atoms with Gasteiger partial charge in [-0.3, -0.25) is 0 Å². The van der Waals surface area contributed by atoms with Crippen molar-refractivity contribution in [2.75, 3.05) is 5.75 Å². The van der Waals surface area contributed by atoms with Gasteiger partial charge < -0.3 is 9.47 Å². The third kappa shape index (κ3) is 11.3. The third-order valence-electron chi connectivity index (χ3n) is 6.68. The second kappa shape index (κ2) is 17.7. The van der Waals surface area contributed by atoms with Gasteiger partial charge in [-0.1, -0.05) is 119 Å². The molecule has 0 heterocycles. The van der Waals surface area contributed by atoms with Crippen molar-refractivity contribution in [3.63, 3.8) is 0 Å². The van der Waals surface area contributed by atoms with Crippen LogP contribution in [0.25, 0.3) is 11.1 Å². The number of hydrogen-bond acceptors (Lipinski definition) is 4. The van der Waals surface area contributed by atoms with Crippen molar-refractivity contribution < 1.29 is 14.3 Å². The summed E-state index contributed by atoms with van der Waals surface area (Å²) in [5.74, 6) is 1.47. The normalized spacial score (nSPS) is 11.7. The van der Waals surface area contributed by atoms with Gasteiger partial charge in [-0.15, -0.1) is 11.8 Å². The lowest BCUT2D eigenvalue weighted by Crippen LogP contribution is -2.26. The zero-order valence-corrected chi connectivity index (χ0v) is 24.0. The summed E-state index contributed by atoms with van der Waals surface area (Å²) in [4.78, 5) is 13.6. The molecule has 0 saturated heterocycles. The molecule has 0 aliphatic carbocycles. The van der Waals surface area contributed by atoms with E-state index in [0.29, 0.717) is 5.75 Å². The molecule has 3 rings (SSSR count). The highest BCUT2D eigenvalue weighted by Crippen LogP contribution is 2.27. The molecule has 3 nitrogen and oxygen atoms in total. The first-order chi connectivity index (χ1) is 18.7. The molecular formula is C34H44O3S. The number of esters is 1. The van der Waals surface area contributed by atoms with Crippen molar-refractivity contribution >= 4 is 17.7 Å². The van der Waals surface area contributed by atoms with E-state index in [1.54, 1.807) is 6.92 Å². The van der Waals surface area contributed by atoms with Gasteiger partial charge in [-0.05, 0) is 60.1 Å². The molecule has 0 amide bonds. The van der Waals surface area contributed by atoms with Crippen molar-refractivity contribution in [2.45, 2.75) is 95.7 Å². The fourth-order valence-electron chi connectivity index (χ4n) is 4.35. The minimum absolute atomic E-state index is 0.250. The Morgan fingerprint density at radius 3 is 1.87 bits per heavy atom. The van der Waals surface area contributed by atoms with E-state index < -0.39 is 6.10 Å². The highest BCUT2D eigenvalue weighted by molar-refractivity contribution is 7.99. The first kappa shape index (κ1) is 29.8. The number of thioether (sulfide) groups is 1. The summed E-state index contributed by atoms with van der Waals surface area (Å²) in [6, 6.07) is 26.3. The molecule has 0 radical (unpaired) electrons. The lowest BCUT2D eigenvalue weighted by Gasteiger charge is -2.14. The first-order valence-electron chi connectivity index (χ1n) is 14.4. The van der Waals surface area contributed by atoms with Gasteiger partial charge in [0.2, 0.25) is 0 Å². The predicted molar refractivity (Wildman–Crippen MR) is 161 cm³/mol. The lowest BCUT2D eigenvalue weighted by molar-refractivity contribution is -0.152. The van der Waals surface area contributed by atoms with Crippen LogP contribution in [0.5, 0.6) is 5.75 Å². The van der Waals surface area contributed by atoms with Gasteiger partial charge in [0.1, 0.15) is 12.4 Å². The average molecular weight is 533 g/mol. The fraction of sp³-hybridized carbons (Fsp3) is 0.441. The van der Waals surface area contributed by atoms with Gasteiger partial charge >= 0.3 is 5.97 Å². The van der Waals surface area contributed by atoms with E-state index in [4.69, 9.17) is 9.47 Å². The van der Waals surface area contributed by atoms with Crippen molar-refractivity contribution in [3.05, 3.63) is 84.4 Å². The monoisotopic (exact) mass is 532 g/mol. The third-order valence-corrected chi connectivity index (χ3v) is 7.78. The number of benzene rings is 3. The molecule has 0 bridgehead atoms. The van der Waals surface area contributed by atoms with E-state index in [9.17, 15) is 4.79 Å². The molecule has 0 spiro atoms. The van der Waals surface area contributed by atoms with Crippen LogP contribution in [-0.4, -0.2) is 17.8 Å². The second-order valence-corrected chi connectivity index (χ2v) is 11.1. The topological polar surface area (TPSA) is 35.5 Å². The molecule has 0 saturated carbocycles. The van der Waals surface area contributed by atoms with Crippen molar-refractivity contribution in [1.82, 2.24) is 0 Å². The van der Waals surface area contributed by atoms with Gasteiger partial charge in [-0.2, -0.15) is 0 Å². The number of carbonyl (C=O) groups is 1. The maximum atomic E-state index is 12.3. The number of unbranched alkanes of at least 4 members (excludes halogenated alkanes) is 9. The van der Waals surface area contributed by atoms with Crippen molar-refractivity contribution in [3.8, 4) is 16.9 Å². The van der Waals surface area contributed by atoms with Gasteiger partial charge in [-0.25, -0.2) is 4.79 Å². The minimum Gasteiger partial charge on any atom is -0.479 e. The van der Waals surface area contributed by atoms with Crippen LogP contribution in [0.15, 0.2) is 83.8 Å². The average Bonchev–Trinajstić information content (AvgIpc) is 2.96. The van der Waals surface area contributed by atoms with E-state index >= 15 is 0 Å². The molecule has 3 aromatic rings. The first-order valence-corrected chi connectivity index (χ1v) is 15.3. The van der Waals surface area contributed by atoms with Crippen LogP contribution >= 0.6 is 11.8 Å². The zero-order valence-electron chi connectivity index (χ0n) is 23.2. The highest BCUT2D eigenvalue weighted by Gasteiger charge is 2.16. The van der Waals surface area contributed by atoms with E-state index in [1.807, 2.05) is 66.4 Å². The van der Waals surface area contributed by atoms with Gasteiger partial charge in [0.15, 0.2) is 6.10 Å². The largest absolute Gasteiger partial charge is 0.479 e. The molecule has 204 valence electrons. The summed E-state index contributed by atoms with van der Waals surface area (Å²) in [5.41, 5.74) is 3.26. The second-order valence-electron chi connectivity index (χ2n) is 9.93. The minimum atomic E-state index is -0.670. The molecule has 0 fully saturated rings. The Labute approximate surface area is 234 Å². The van der Waals surface area contributed by atoms with Crippen molar-refractivity contribution in [1.29, 1.82) is 0 Å². The summed E-state index contributed by atoms with van der Waals surface area (Å²) in [7, 11) is 0. The van der Waals surface area contributed by atoms with Gasteiger partial charge in [0.05, 0.1) is 0 Å². The maximum Gasteiger partial charge on any atom is 0.347 e. The Morgan fingerprint density at radius 2 is 1.26 bits per heavy atom. The van der Waals surface area contributed by atoms with E-state index in [0.717, 1.165) is 11.1 Å². The fourth-order valence-corrected chi connectivity index (χ4v) is 5.26. The summed E-state index contributed by atoms with van der Waals surface area (Å²) < 4.78 is 11.2. The van der Waals surface area contributed by atoms with Crippen LogP contribution in [0, 0.1) is 0 Å². The van der Waals surface area contributed by atoms with Crippen LogP contribution in [0.2, 0.25) is 0 Å². The number of hydrogen-bond donors (Lipinski definition) is 0. The Kier molecular flexibility index (Phi) is 13.9. The SMILES string of the molecule is CCCCCCCCCCCCSc1ccc(-c2ccc(O[C@H](C)C(=O)OCc3ccccc3)cc2)cc1. The molecule has 0 aliphatic heterocycles. The van der Waals surface area contributed by atoms with E-state index in [-0.39, 0.29) is 12.6 Å². The smallest absolute Gasteiger partial charge is 0.347 e. The molecular weight excluding hydrogens is 488 g/mol. The molecule has 4 heteroatoms. The van der Waals surface area contributed by atoms with Gasteiger partial charge in [0, 0.05) is 4.90 Å². The van der Waals surface area contributed by atoms with Crippen LogP contribution in [0.4, 0.5) is 0 Å².